The molecule has 0 amide bonds. The summed E-state index contributed by atoms with van der Waals surface area (Å²) in [5.41, 5.74) is 0.437. The molecule has 0 saturated heterocycles. The average molecular weight is 303 g/mol. The quantitative estimate of drug-likeness (QED) is 0.638. The van der Waals surface area contributed by atoms with Gasteiger partial charge in [-0.1, -0.05) is 30.1 Å². The molecule has 1 N–H and O–H groups in total. The monoisotopic (exact) mass is 302 g/mol. The topological polar surface area (TPSA) is 55.2 Å². The van der Waals surface area contributed by atoms with Crippen molar-refractivity contribution in [2.75, 3.05) is 5.32 Å². The van der Waals surface area contributed by atoms with Crippen LogP contribution in [0.5, 0.6) is 0 Å². The van der Waals surface area contributed by atoms with Gasteiger partial charge in [0.05, 0.1) is 15.0 Å². The highest BCUT2D eigenvalue weighted by Crippen LogP contribution is 2.36. The number of benzene rings is 1. The van der Waals surface area contributed by atoms with Crippen LogP contribution >= 0.6 is 23.2 Å². The summed E-state index contributed by atoms with van der Waals surface area (Å²) in [6.45, 7) is 2.23. The van der Waals surface area contributed by atoms with Crippen LogP contribution in [0.4, 0.5) is 11.4 Å². The number of anilines is 1. The number of hydrogen-bond acceptors (Lipinski definition) is 3. The number of nitro benzene ring substituents is 1. The van der Waals surface area contributed by atoms with Gasteiger partial charge < -0.3 is 5.32 Å². The van der Waals surface area contributed by atoms with Crippen molar-refractivity contribution >= 4 is 34.6 Å². The molecule has 0 aromatic heterocycles. The van der Waals surface area contributed by atoms with Crippen LogP contribution < -0.4 is 5.32 Å². The lowest BCUT2D eigenvalue weighted by Crippen LogP contribution is -2.25. The summed E-state index contributed by atoms with van der Waals surface area (Å²) in [5.74, 6) is 0.738. The summed E-state index contributed by atoms with van der Waals surface area (Å²) >= 11 is 11.8. The molecule has 104 valence electrons. The first-order valence-corrected chi connectivity index (χ1v) is 7.13. The third kappa shape index (κ3) is 3.51. The molecule has 1 aliphatic carbocycles. The minimum atomic E-state index is -0.435. The highest BCUT2D eigenvalue weighted by Gasteiger charge is 2.22. The number of nitrogens with zero attached hydrogens (tertiary/aromatic N) is 1. The fourth-order valence-corrected chi connectivity index (χ4v) is 2.75. The van der Waals surface area contributed by atoms with E-state index in [1.165, 1.54) is 6.07 Å². The molecule has 1 aromatic carbocycles. The molecular weight excluding hydrogens is 287 g/mol. The maximum absolute atomic E-state index is 11.0. The largest absolute Gasteiger partial charge is 0.377 e. The zero-order chi connectivity index (χ0) is 14.0. The predicted molar refractivity (Wildman–Crippen MR) is 78.2 cm³/mol. The van der Waals surface area contributed by atoms with Gasteiger partial charge in [0.2, 0.25) is 0 Å². The molecule has 1 saturated carbocycles. The van der Waals surface area contributed by atoms with E-state index in [2.05, 4.69) is 12.2 Å². The lowest BCUT2D eigenvalue weighted by atomic mass is 9.87. The summed E-state index contributed by atoms with van der Waals surface area (Å²) in [6, 6.07) is 3.12. The van der Waals surface area contributed by atoms with E-state index in [4.69, 9.17) is 23.2 Å². The van der Waals surface area contributed by atoms with Crippen molar-refractivity contribution in [3.63, 3.8) is 0 Å². The van der Waals surface area contributed by atoms with Crippen molar-refractivity contribution in [1.29, 1.82) is 0 Å². The minimum absolute atomic E-state index is 0.0204. The summed E-state index contributed by atoms with van der Waals surface area (Å²) < 4.78 is 0. The molecule has 0 spiro atoms. The Morgan fingerprint density at radius 2 is 1.79 bits per heavy atom. The maximum Gasteiger partial charge on any atom is 0.293 e. The van der Waals surface area contributed by atoms with Crippen molar-refractivity contribution in [2.24, 2.45) is 5.92 Å². The molecule has 1 fully saturated rings. The van der Waals surface area contributed by atoms with E-state index in [9.17, 15) is 10.1 Å². The second kappa shape index (κ2) is 5.97. The molecule has 0 atom stereocenters. The van der Waals surface area contributed by atoms with Gasteiger partial charge in [-0.2, -0.15) is 0 Å². The van der Waals surface area contributed by atoms with Crippen LogP contribution in [-0.4, -0.2) is 11.0 Å². The second-order valence-electron chi connectivity index (χ2n) is 5.14. The second-order valence-corrected chi connectivity index (χ2v) is 5.96. The molecule has 6 heteroatoms. The third-order valence-electron chi connectivity index (χ3n) is 3.61. The fraction of sp³-hybridized carbons (Fsp3) is 0.538. The standard InChI is InChI=1S/C13H16Cl2N2O2/c1-8-2-4-9(5-3-8)16-12-6-10(14)11(15)7-13(12)17(18)19/h6-9,16H,2-5H2,1H3. The molecule has 4 nitrogen and oxygen atoms in total. The first-order valence-electron chi connectivity index (χ1n) is 6.37. The lowest BCUT2D eigenvalue weighted by molar-refractivity contribution is -0.384. The molecule has 19 heavy (non-hydrogen) atoms. The van der Waals surface area contributed by atoms with E-state index in [-0.39, 0.29) is 16.8 Å². The van der Waals surface area contributed by atoms with Crippen molar-refractivity contribution in [3.8, 4) is 0 Å². The normalized spacial score (nSPS) is 23.1. The molecule has 2 rings (SSSR count). The van der Waals surface area contributed by atoms with Gasteiger partial charge in [-0.25, -0.2) is 0 Å². The third-order valence-corrected chi connectivity index (χ3v) is 4.33. The van der Waals surface area contributed by atoms with Crippen molar-refractivity contribution in [2.45, 2.75) is 38.6 Å². The Morgan fingerprint density at radius 1 is 1.21 bits per heavy atom. The van der Waals surface area contributed by atoms with E-state index in [0.717, 1.165) is 31.6 Å². The first kappa shape index (κ1) is 14.4. The number of nitrogens with one attached hydrogen (secondary N) is 1. The summed E-state index contributed by atoms with van der Waals surface area (Å²) in [7, 11) is 0. The molecule has 0 heterocycles. The zero-order valence-corrected chi connectivity index (χ0v) is 12.2. The van der Waals surface area contributed by atoms with Gasteiger partial charge in [0.1, 0.15) is 5.69 Å². The van der Waals surface area contributed by atoms with Crippen LogP contribution in [0, 0.1) is 16.0 Å². The van der Waals surface area contributed by atoms with Crippen molar-refractivity contribution in [3.05, 3.63) is 32.3 Å². The van der Waals surface area contributed by atoms with E-state index in [0.29, 0.717) is 10.7 Å². The Balaban J connectivity index is 2.19. The van der Waals surface area contributed by atoms with Gasteiger partial charge in [0, 0.05) is 12.1 Å². The van der Waals surface area contributed by atoms with Gasteiger partial charge in [-0.05, 0) is 37.7 Å². The van der Waals surface area contributed by atoms with Gasteiger partial charge in [-0.3, -0.25) is 10.1 Å². The zero-order valence-electron chi connectivity index (χ0n) is 10.7. The maximum atomic E-state index is 11.0. The number of hydrogen-bond donors (Lipinski definition) is 1. The van der Waals surface area contributed by atoms with Crippen LogP contribution in [0.15, 0.2) is 12.1 Å². The Kier molecular flexibility index (Phi) is 4.53. The molecule has 1 aromatic rings. The van der Waals surface area contributed by atoms with Crippen molar-refractivity contribution < 1.29 is 4.92 Å². The molecule has 1 aliphatic rings. The predicted octanol–water partition coefficient (Wildman–Crippen LogP) is 4.89. The summed E-state index contributed by atoms with van der Waals surface area (Å²) in [5, 5.41) is 14.8. The summed E-state index contributed by atoms with van der Waals surface area (Å²) in [6.07, 6.45) is 4.34. The Bertz CT molecular complexity index is 486. The fourth-order valence-electron chi connectivity index (χ4n) is 2.43. The first-order chi connectivity index (χ1) is 8.97. The Labute approximate surface area is 122 Å². The highest BCUT2D eigenvalue weighted by atomic mass is 35.5. The number of rotatable bonds is 3. The Hall–Kier alpha value is -1.00. The van der Waals surface area contributed by atoms with Crippen LogP contribution in [0.1, 0.15) is 32.6 Å². The van der Waals surface area contributed by atoms with Crippen LogP contribution in [0.3, 0.4) is 0 Å². The molecular formula is C13H16Cl2N2O2. The SMILES string of the molecule is CC1CCC(Nc2cc(Cl)c(Cl)cc2[N+](=O)[O-])CC1. The van der Waals surface area contributed by atoms with Crippen LogP contribution in [0.2, 0.25) is 10.0 Å². The van der Waals surface area contributed by atoms with E-state index < -0.39 is 4.92 Å². The number of halogens is 2. The van der Waals surface area contributed by atoms with Gasteiger partial charge in [0.15, 0.2) is 0 Å². The minimum Gasteiger partial charge on any atom is -0.377 e. The van der Waals surface area contributed by atoms with E-state index in [1.54, 1.807) is 6.07 Å². The molecule has 0 aliphatic heterocycles. The summed E-state index contributed by atoms with van der Waals surface area (Å²) in [4.78, 5) is 10.6. The molecule has 0 unspecified atom stereocenters. The lowest BCUT2D eigenvalue weighted by Gasteiger charge is -2.27. The molecule has 0 radical (unpaired) electrons. The van der Waals surface area contributed by atoms with Crippen LogP contribution in [-0.2, 0) is 0 Å². The smallest absolute Gasteiger partial charge is 0.293 e. The average Bonchev–Trinajstić information content (AvgIpc) is 2.36. The van der Waals surface area contributed by atoms with E-state index in [1.807, 2.05) is 0 Å². The van der Waals surface area contributed by atoms with Gasteiger partial charge >= 0.3 is 0 Å². The van der Waals surface area contributed by atoms with Gasteiger partial charge in [-0.15, -0.1) is 0 Å². The van der Waals surface area contributed by atoms with Crippen molar-refractivity contribution in [1.82, 2.24) is 0 Å². The highest BCUT2D eigenvalue weighted by molar-refractivity contribution is 6.42. The Morgan fingerprint density at radius 3 is 2.37 bits per heavy atom. The van der Waals surface area contributed by atoms with Gasteiger partial charge in [0.25, 0.3) is 5.69 Å². The number of nitro groups is 1. The molecule has 0 bridgehead atoms. The van der Waals surface area contributed by atoms with Crippen LogP contribution in [0.25, 0.3) is 0 Å². The van der Waals surface area contributed by atoms with E-state index >= 15 is 0 Å².